The van der Waals surface area contributed by atoms with Crippen LogP contribution in [0.2, 0.25) is 5.02 Å². The van der Waals surface area contributed by atoms with Gasteiger partial charge in [-0.05, 0) is 37.2 Å². The van der Waals surface area contributed by atoms with Gasteiger partial charge in [0.2, 0.25) is 0 Å². The molecular formula is C10H13ClFNO. The van der Waals surface area contributed by atoms with E-state index in [1.54, 1.807) is 14.0 Å². The van der Waals surface area contributed by atoms with Crippen LogP contribution in [-0.4, -0.2) is 18.7 Å². The molecule has 0 aliphatic heterocycles. The minimum absolute atomic E-state index is 0.0424. The number of halogens is 2. The molecule has 1 rings (SSSR count). The molecule has 0 amide bonds. The third-order valence-corrected chi connectivity index (χ3v) is 2.36. The third-order valence-electron chi connectivity index (χ3n) is 2.07. The second-order valence-electron chi connectivity index (χ2n) is 3.20. The smallest absolute Gasteiger partial charge is 0.142 e. The Morgan fingerprint density at radius 2 is 2.21 bits per heavy atom. The predicted molar refractivity (Wildman–Crippen MR) is 55.0 cm³/mol. The lowest BCUT2D eigenvalue weighted by Gasteiger charge is -2.13. The summed E-state index contributed by atoms with van der Waals surface area (Å²) in [6.07, 6.45) is -0.655. The molecule has 0 aliphatic rings. The average molecular weight is 218 g/mol. The van der Waals surface area contributed by atoms with Gasteiger partial charge in [-0.2, -0.15) is 0 Å². The molecule has 1 aromatic carbocycles. The summed E-state index contributed by atoms with van der Waals surface area (Å²) in [6, 6.07) is 2.80. The molecule has 4 heteroatoms. The Balaban J connectivity index is 3.02. The van der Waals surface area contributed by atoms with Crippen molar-refractivity contribution in [3.63, 3.8) is 0 Å². The first-order chi connectivity index (χ1) is 6.56. The molecule has 2 nitrogen and oxygen atoms in total. The van der Waals surface area contributed by atoms with Gasteiger partial charge in [-0.3, -0.25) is 0 Å². The number of hydrogen-bond donors (Lipinski definition) is 2. The van der Waals surface area contributed by atoms with E-state index < -0.39 is 11.9 Å². The van der Waals surface area contributed by atoms with E-state index in [1.165, 1.54) is 12.1 Å². The van der Waals surface area contributed by atoms with Gasteiger partial charge >= 0.3 is 0 Å². The van der Waals surface area contributed by atoms with Gasteiger partial charge in [-0.15, -0.1) is 0 Å². The van der Waals surface area contributed by atoms with Crippen LogP contribution in [0.5, 0.6) is 0 Å². The van der Waals surface area contributed by atoms with Gasteiger partial charge in [0.15, 0.2) is 0 Å². The van der Waals surface area contributed by atoms with Crippen LogP contribution in [0.15, 0.2) is 12.1 Å². The van der Waals surface area contributed by atoms with Crippen molar-refractivity contribution >= 4 is 11.6 Å². The summed E-state index contributed by atoms with van der Waals surface area (Å²) in [5, 5.41) is 12.6. The van der Waals surface area contributed by atoms with Gasteiger partial charge in [-0.25, -0.2) is 4.39 Å². The molecule has 2 N–H and O–H groups in total. The van der Waals surface area contributed by atoms with Crippen LogP contribution in [0, 0.1) is 12.7 Å². The topological polar surface area (TPSA) is 32.3 Å². The van der Waals surface area contributed by atoms with Crippen molar-refractivity contribution in [2.45, 2.75) is 13.0 Å². The molecule has 0 heterocycles. The number of aliphatic hydroxyl groups excluding tert-OH is 1. The average Bonchev–Trinajstić information content (AvgIpc) is 2.11. The summed E-state index contributed by atoms with van der Waals surface area (Å²) in [5.74, 6) is -0.454. The minimum Gasteiger partial charge on any atom is -0.387 e. The van der Waals surface area contributed by atoms with Crippen LogP contribution in [0.3, 0.4) is 0 Å². The predicted octanol–water partition coefficient (Wildman–Crippen LogP) is 2.04. The van der Waals surface area contributed by atoms with E-state index in [4.69, 9.17) is 11.6 Å². The highest BCUT2D eigenvalue weighted by Gasteiger charge is 2.12. The molecule has 0 fully saturated rings. The minimum atomic E-state index is -0.655. The van der Waals surface area contributed by atoms with E-state index in [0.717, 1.165) is 0 Å². The molecular weight excluding hydrogens is 205 g/mol. The molecule has 14 heavy (non-hydrogen) atoms. The van der Waals surface area contributed by atoms with Crippen molar-refractivity contribution in [1.29, 1.82) is 0 Å². The molecule has 1 aromatic rings. The lowest BCUT2D eigenvalue weighted by molar-refractivity contribution is 0.177. The molecule has 1 atom stereocenters. The summed E-state index contributed by atoms with van der Waals surface area (Å²) >= 11 is 5.62. The van der Waals surface area contributed by atoms with Crippen LogP contribution in [0.1, 0.15) is 17.2 Å². The number of likely N-dealkylation sites (N-methyl/N-ethyl adjacent to an activating group) is 1. The normalized spacial score (nSPS) is 12.9. The van der Waals surface area contributed by atoms with E-state index in [1.807, 2.05) is 0 Å². The Kier molecular flexibility index (Phi) is 3.86. The van der Waals surface area contributed by atoms with Crippen molar-refractivity contribution < 1.29 is 9.50 Å². The largest absolute Gasteiger partial charge is 0.387 e. The lowest BCUT2D eigenvalue weighted by atomic mass is 10.0. The van der Waals surface area contributed by atoms with Crippen LogP contribution >= 0.6 is 11.6 Å². The maximum Gasteiger partial charge on any atom is 0.142 e. The first-order valence-corrected chi connectivity index (χ1v) is 4.72. The number of aryl methyl sites for hydroxylation is 1. The Labute approximate surface area is 87.7 Å². The monoisotopic (exact) mass is 217 g/mol. The van der Waals surface area contributed by atoms with Gasteiger partial charge in [-0.1, -0.05) is 11.6 Å². The molecule has 0 saturated carbocycles. The zero-order valence-electron chi connectivity index (χ0n) is 8.14. The molecule has 0 aromatic heterocycles. The van der Waals surface area contributed by atoms with Gasteiger partial charge in [0.05, 0.1) is 11.1 Å². The highest BCUT2D eigenvalue weighted by molar-refractivity contribution is 6.30. The van der Waals surface area contributed by atoms with Gasteiger partial charge in [0.25, 0.3) is 0 Å². The molecule has 0 spiro atoms. The van der Waals surface area contributed by atoms with Crippen molar-refractivity contribution in [3.05, 3.63) is 34.1 Å². The second kappa shape index (κ2) is 4.73. The summed E-state index contributed by atoms with van der Waals surface area (Å²) in [6.45, 7) is 2.16. The molecule has 78 valence electrons. The zero-order valence-corrected chi connectivity index (χ0v) is 8.90. The van der Waals surface area contributed by atoms with E-state index >= 15 is 0 Å². The van der Waals surface area contributed by atoms with Crippen molar-refractivity contribution in [2.75, 3.05) is 13.6 Å². The van der Waals surface area contributed by atoms with Crippen LogP contribution in [0.4, 0.5) is 4.39 Å². The van der Waals surface area contributed by atoms with Gasteiger partial charge in [0, 0.05) is 6.54 Å². The zero-order chi connectivity index (χ0) is 10.7. The number of rotatable bonds is 3. The number of nitrogens with one attached hydrogen (secondary N) is 1. The first-order valence-electron chi connectivity index (χ1n) is 4.34. The van der Waals surface area contributed by atoms with Crippen molar-refractivity contribution in [1.82, 2.24) is 5.32 Å². The quantitative estimate of drug-likeness (QED) is 0.812. The number of hydrogen-bond acceptors (Lipinski definition) is 2. The van der Waals surface area contributed by atoms with E-state index in [-0.39, 0.29) is 5.02 Å². The van der Waals surface area contributed by atoms with Gasteiger partial charge in [0.1, 0.15) is 5.82 Å². The molecule has 0 aliphatic carbocycles. The number of benzene rings is 1. The Morgan fingerprint density at radius 1 is 1.57 bits per heavy atom. The summed E-state index contributed by atoms with van der Waals surface area (Å²) in [4.78, 5) is 0. The summed E-state index contributed by atoms with van der Waals surface area (Å²) in [5.41, 5.74) is 1.36. The lowest BCUT2D eigenvalue weighted by Crippen LogP contribution is -2.17. The maximum absolute atomic E-state index is 13.0. The summed E-state index contributed by atoms with van der Waals surface area (Å²) in [7, 11) is 1.74. The highest BCUT2D eigenvalue weighted by atomic mass is 35.5. The third kappa shape index (κ3) is 2.44. The Morgan fingerprint density at radius 3 is 2.79 bits per heavy atom. The fourth-order valence-electron chi connectivity index (χ4n) is 1.32. The first kappa shape index (κ1) is 11.4. The van der Waals surface area contributed by atoms with Crippen molar-refractivity contribution in [3.8, 4) is 0 Å². The van der Waals surface area contributed by atoms with E-state index in [0.29, 0.717) is 17.7 Å². The van der Waals surface area contributed by atoms with Crippen LogP contribution < -0.4 is 5.32 Å². The second-order valence-corrected chi connectivity index (χ2v) is 3.60. The SMILES string of the molecule is CNCC(O)c1cc(Cl)c(F)cc1C. The molecule has 0 saturated heterocycles. The number of aliphatic hydroxyl groups is 1. The molecule has 1 unspecified atom stereocenters. The van der Waals surface area contributed by atoms with E-state index in [9.17, 15) is 9.50 Å². The molecule has 0 radical (unpaired) electrons. The fourth-order valence-corrected chi connectivity index (χ4v) is 1.50. The molecule has 0 bridgehead atoms. The fraction of sp³-hybridized carbons (Fsp3) is 0.400. The van der Waals surface area contributed by atoms with Gasteiger partial charge < -0.3 is 10.4 Å². The maximum atomic E-state index is 13.0. The standard InChI is InChI=1S/C10H13ClFNO/c1-6-3-9(12)8(11)4-7(6)10(14)5-13-2/h3-4,10,13-14H,5H2,1-2H3. The Hall–Kier alpha value is -0.640. The highest BCUT2D eigenvalue weighted by Crippen LogP contribution is 2.24. The van der Waals surface area contributed by atoms with Crippen LogP contribution in [-0.2, 0) is 0 Å². The van der Waals surface area contributed by atoms with Crippen molar-refractivity contribution in [2.24, 2.45) is 0 Å². The van der Waals surface area contributed by atoms with E-state index in [2.05, 4.69) is 5.32 Å². The summed E-state index contributed by atoms with van der Waals surface area (Å²) < 4.78 is 13.0. The van der Waals surface area contributed by atoms with Crippen LogP contribution in [0.25, 0.3) is 0 Å². The Bertz CT molecular complexity index is 330.